The van der Waals surface area contributed by atoms with E-state index in [9.17, 15) is 9.59 Å². The van der Waals surface area contributed by atoms with Crippen LogP contribution in [0.5, 0.6) is 0 Å². The lowest BCUT2D eigenvalue weighted by atomic mass is 9.95. The number of rotatable bonds is 5. The lowest BCUT2D eigenvalue weighted by Crippen LogP contribution is -2.38. The molecule has 1 fully saturated rings. The summed E-state index contributed by atoms with van der Waals surface area (Å²) in [7, 11) is 0. The van der Waals surface area contributed by atoms with Gasteiger partial charge in [0.05, 0.1) is 0 Å². The molecule has 0 atom stereocenters. The minimum atomic E-state index is -0.490. The van der Waals surface area contributed by atoms with Crippen molar-refractivity contribution in [1.82, 2.24) is 19.5 Å². The van der Waals surface area contributed by atoms with Gasteiger partial charge in [-0.2, -0.15) is 0 Å². The maximum atomic E-state index is 12.6. The molecule has 3 N–H and O–H groups in total. The molecule has 9 nitrogen and oxygen atoms in total. The topological polar surface area (TPSA) is 119 Å². The van der Waals surface area contributed by atoms with Crippen molar-refractivity contribution in [2.45, 2.75) is 12.8 Å². The quantitative estimate of drug-likeness (QED) is 0.682. The van der Waals surface area contributed by atoms with Crippen molar-refractivity contribution in [2.75, 3.05) is 23.3 Å². The number of amides is 2. The highest BCUT2D eigenvalue weighted by Gasteiger charge is 2.26. The molecule has 0 unspecified atom stereocenters. The molecule has 1 aliphatic heterocycles. The fourth-order valence-corrected chi connectivity index (χ4v) is 3.38. The molecule has 0 saturated carbocycles. The van der Waals surface area contributed by atoms with Crippen LogP contribution >= 0.6 is 0 Å². The fraction of sp³-hybridized carbons (Fsp3) is 0.250. The van der Waals surface area contributed by atoms with E-state index in [0.29, 0.717) is 11.3 Å². The molecule has 29 heavy (non-hydrogen) atoms. The summed E-state index contributed by atoms with van der Waals surface area (Å²) in [5.41, 5.74) is 6.30. The average Bonchev–Trinajstić information content (AvgIpc) is 3.29. The van der Waals surface area contributed by atoms with Gasteiger partial charge in [-0.3, -0.25) is 14.2 Å². The molecule has 1 aliphatic rings. The lowest BCUT2D eigenvalue weighted by molar-refractivity contribution is -0.120. The highest BCUT2D eigenvalue weighted by Crippen LogP contribution is 2.24. The van der Waals surface area contributed by atoms with Crippen LogP contribution in [0.15, 0.2) is 55.4 Å². The molecular weight excluding hydrogens is 370 g/mol. The first-order valence-corrected chi connectivity index (χ1v) is 9.36. The second-order valence-corrected chi connectivity index (χ2v) is 6.90. The number of benzene rings is 1. The van der Waals surface area contributed by atoms with Crippen LogP contribution in [0.1, 0.15) is 23.2 Å². The van der Waals surface area contributed by atoms with Gasteiger partial charge in [-0.25, -0.2) is 15.0 Å². The maximum Gasteiger partial charge on any atom is 0.248 e. The molecule has 3 aromatic rings. The van der Waals surface area contributed by atoms with Crippen LogP contribution in [0.3, 0.4) is 0 Å². The Morgan fingerprint density at radius 3 is 2.45 bits per heavy atom. The minimum absolute atomic E-state index is 0.0155. The van der Waals surface area contributed by atoms with Gasteiger partial charge in [0.1, 0.15) is 24.3 Å². The molecule has 0 spiro atoms. The van der Waals surface area contributed by atoms with Crippen molar-refractivity contribution in [1.29, 1.82) is 0 Å². The number of anilines is 2. The van der Waals surface area contributed by atoms with Crippen molar-refractivity contribution >= 4 is 23.3 Å². The molecule has 1 saturated heterocycles. The number of carbonyl (C=O) groups is 2. The van der Waals surface area contributed by atoms with Gasteiger partial charge < -0.3 is 16.0 Å². The standard InChI is InChI=1S/C20H21N7O2/c21-19(28)14-1-3-16(4-2-14)25-20(29)15-5-8-26(9-6-15)17-11-18(24-12-23-17)27-10-7-22-13-27/h1-4,7,10-13,15H,5-6,8-9H2,(H2,21,28)(H,25,29). The van der Waals surface area contributed by atoms with Crippen LogP contribution in [0, 0.1) is 5.92 Å². The number of carbonyl (C=O) groups excluding carboxylic acids is 2. The summed E-state index contributed by atoms with van der Waals surface area (Å²) in [4.78, 5) is 38.6. The number of piperidine rings is 1. The molecular formula is C20H21N7O2. The number of aromatic nitrogens is 4. The number of imidazole rings is 1. The van der Waals surface area contributed by atoms with E-state index in [0.717, 1.165) is 37.6 Å². The van der Waals surface area contributed by atoms with Crippen LogP contribution in [-0.4, -0.2) is 44.4 Å². The number of hydrogen-bond donors (Lipinski definition) is 2. The first-order valence-electron chi connectivity index (χ1n) is 9.36. The highest BCUT2D eigenvalue weighted by molar-refractivity contribution is 5.95. The Bertz CT molecular complexity index is 994. The Hall–Kier alpha value is -3.75. The Morgan fingerprint density at radius 2 is 1.79 bits per heavy atom. The molecule has 1 aromatic carbocycles. The summed E-state index contributed by atoms with van der Waals surface area (Å²) in [5, 5.41) is 2.91. The molecule has 2 amide bonds. The molecule has 2 aromatic heterocycles. The van der Waals surface area contributed by atoms with Gasteiger partial charge in [-0.15, -0.1) is 0 Å². The average molecular weight is 391 g/mol. The summed E-state index contributed by atoms with van der Waals surface area (Å²) < 4.78 is 1.83. The number of nitrogens with zero attached hydrogens (tertiary/aromatic N) is 5. The molecule has 0 aliphatic carbocycles. The van der Waals surface area contributed by atoms with Crippen molar-refractivity contribution in [3.63, 3.8) is 0 Å². The van der Waals surface area contributed by atoms with E-state index < -0.39 is 5.91 Å². The zero-order chi connectivity index (χ0) is 20.2. The zero-order valence-electron chi connectivity index (χ0n) is 15.7. The van der Waals surface area contributed by atoms with Gasteiger partial charge in [-0.05, 0) is 37.1 Å². The zero-order valence-corrected chi connectivity index (χ0v) is 15.7. The first-order chi connectivity index (χ1) is 14.1. The third kappa shape index (κ3) is 4.23. The van der Waals surface area contributed by atoms with E-state index in [-0.39, 0.29) is 11.8 Å². The number of nitrogens with two attached hydrogens (primary N) is 1. The Balaban J connectivity index is 1.35. The number of nitrogens with one attached hydrogen (secondary N) is 1. The largest absolute Gasteiger partial charge is 0.366 e. The van der Waals surface area contributed by atoms with Crippen molar-refractivity contribution in [3.05, 3.63) is 60.9 Å². The molecule has 0 radical (unpaired) electrons. The van der Waals surface area contributed by atoms with Gasteiger partial charge in [-0.1, -0.05) is 0 Å². The number of hydrogen-bond acceptors (Lipinski definition) is 6. The minimum Gasteiger partial charge on any atom is -0.366 e. The van der Waals surface area contributed by atoms with Gasteiger partial charge in [0.2, 0.25) is 11.8 Å². The lowest BCUT2D eigenvalue weighted by Gasteiger charge is -2.32. The van der Waals surface area contributed by atoms with E-state index in [2.05, 4.69) is 25.2 Å². The Morgan fingerprint density at radius 1 is 1.07 bits per heavy atom. The Kier molecular flexibility index (Phi) is 5.19. The van der Waals surface area contributed by atoms with E-state index in [4.69, 9.17) is 5.73 Å². The van der Waals surface area contributed by atoms with E-state index >= 15 is 0 Å². The van der Waals surface area contributed by atoms with Crippen LogP contribution in [0.25, 0.3) is 5.82 Å². The van der Waals surface area contributed by atoms with Crippen LogP contribution in [-0.2, 0) is 4.79 Å². The normalized spacial score (nSPS) is 14.6. The second-order valence-electron chi connectivity index (χ2n) is 6.90. The predicted octanol–water partition coefficient (Wildman–Crippen LogP) is 1.62. The van der Waals surface area contributed by atoms with Crippen LogP contribution < -0.4 is 16.0 Å². The molecule has 148 valence electrons. The van der Waals surface area contributed by atoms with Crippen molar-refractivity contribution in [3.8, 4) is 5.82 Å². The van der Waals surface area contributed by atoms with E-state index in [1.54, 1.807) is 43.1 Å². The summed E-state index contributed by atoms with van der Waals surface area (Å²) >= 11 is 0. The maximum absolute atomic E-state index is 12.6. The predicted molar refractivity (Wildman–Crippen MR) is 108 cm³/mol. The van der Waals surface area contributed by atoms with Crippen molar-refractivity contribution < 1.29 is 9.59 Å². The fourth-order valence-electron chi connectivity index (χ4n) is 3.38. The van der Waals surface area contributed by atoms with Gasteiger partial charge in [0, 0.05) is 48.7 Å². The van der Waals surface area contributed by atoms with Crippen LogP contribution in [0.4, 0.5) is 11.5 Å². The summed E-state index contributed by atoms with van der Waals surface area (Å²) in [6, 6.07) is 8.50. The first kappa shape index (κ1) is 18.6. The third-order valence-corrected chi connectivity index (χ3v) is 5.03. The summed E-state index contributed by atoms with van der Waals surface area (Å²) in [6.45, 7) is 1.47. The Labute approximate surface area is 167 Å². The highest BCUT2D eigenvalue weighted by atomic mass is 16.2. The van der Waals surface area contributed by atoms with Crippen molar-refractivity contribution in [2.24, 2.45) is 11.7 Å². The summed E-state index contributed by atoms with van der Waals surface area (Å²) in [5.74, 6) is 1.02. The van der Waals surface area contributed by atoms with Gasteiger partial charge in [0.15, 0.2) is 0 Å². The second kappa shape index (κ2) is 8.09. The van der Waals surface area contributed by atoms with Gasteiger partial charge in [0.25, 0.3) is 0 Å². The molecule has 9 heteroatoms. The SMILES string of the molecule is NC(=O)c1ccc(NC(=O)C2CCN(c3cc(-n4ccnc4)ncn3)CC2)cc1. The number of primary amides is 1. The molecule has 3 heterocycles. The monoisotopic (exact) mass is 391 g/mol. The molecule has 4 rings (SSSR count). The smallest absolute Gasteiger partial charge is 0.248 e. The van der Waals surface area contributed by atoms with E-state index in [1.165, 1.54) is 0 Å². The van der Waals surface area contributed by atoms with Crippen LogP contribution in [0.2, 0.25) is 0 Å². The summed E-state index contributed by atoms with van der Waals surface area (Å²) in [6.07, 6.45) is 8.23. The van der Waals surface area contributed by atoms with Gasteiger partial charge >= 0.3 is 0 Å². The van der Waals surface area contributed by atoms with E-state index in [1.807, 2.05) is 16.8 Å². The third-order valence-electron chi connectivity index (χ3n) is 5.03. The molecule has 0 bridgehead atoms.